The Balaban J connectivity index is 1.76. The maximum atomic E-state index is 13.4. The number of ketones is 2. The number of aromatic nitrogens is 3. The molecule has 1 aromatic heterocycles. The van der Waals surface area contributed by atoms with E-state index < -0.39 is 41.6 Å². The highest BCUT2D eigenvalue weighted by Crippen LogP contribution is 2.36. The maximum absolute atomic E-state index is 13.4. The minimum absolute atomic E-state index is 0.0628. The molecule has 1 atom stereocenters. The third kappa shape index (κ3) is 4.55. The van der Waals surface area contributed by atoms with Crippen molar-refractivity contribution in [1.29, 1.82) is 0 Å². The van der Waals surface area contributed by atoms with E-state index >= 15 is 0 Å². The van der Waals surface area contributed by atoms with Crippen molar-refractivity contribution in [3.8, 4) is 6.01 Å². The Kier molecular flexibility index (Phi) is 5.86. The number of halogens is 3. The molecular weight excluding hydrogens is 441 g/mol. The van der Waals surface area contributed by atoms with Crippen molar-refractivity contribution >= 4 is 11.6 Å². The number of rotatable bonds is 9. The summed E-state index contributed by atoms with van der Waals surface area (Å²) in [5.41, 5.74) is -1.92. The fourth-order valence-corrected chi connectivity index (χ4v) is 3.67. The summed E-state index contributed by atoms with van der Waals surface area (Å²) in [5, 5.41) is 4.11. The predicted molar refractivity (Wildman–Crippen MR) is 109 cm³/mol. The number of benzene rings is 1. The third-order valence-corrected chi connectivity index (χ3v) is 5.67. The zero-order valence-corrected chi connectivity index (χ0v) is 17.8. The summed E-state index contributed by atoms with van der Waals surface area (Å²) in [7, 11) is 0. The summed E-state index contributed by atoms with van der Waals surface area (Å²) in [6.45, 7) is 8.82. The molecular formula is C22H21F3N4O4. The Bertz CT molecular complexity index is 1200. The molecule has 4 rings (SSSR count). The van der Waals surface area contributed by atoms with Crippen LogP contribution in [0.2, 0.25) is 0 Å². The van der Waals surface area contributed by atoms with Gasteiger partial charge in [-0.15, -0.1) is 5.10 Å². The number of alkyl halides is 3. The molecule has 2 aliphatic carbocycles. The van der Waals surface area contributed by atoms with Gasteiger partial charge in [0, 0.05) is 17.5 Å². The van der Waals surface area contributed by atoms with Gasteiger partial charge in [0.05, 0.1) is 18.7 Å². The van der Waals surface area contributed by atoms with Gasteiger partial charge in [0.2, 0.25) is 5.78 Å². The van der Waals surface area contributed by atoms with Crippen LogP contribution in [0.5, 0.6) is 6.01 Å². The third-order valence-electron chi connectivity index (χ3n) is 5.67. The fourth-order valence-electron chi connectivity index (χ4n) is 3.67. The van der Waals surface area contributed by atoms with Crippen LogP contribution in [0.4, 0.5) is 13.2 Å². The molecule has 33 heavy (non-hydrogen) atoms. The van der Waals surface area contributed by atoms with E-state index in [1.165, 1.54) is 4.57 Å². The van der Waals surface area contributed by atoms with Crippen molar-refractivity contribution in [2.75, 3.05) is 6.61 Å². The molecule has 0 aliphatic heterocycles. The Morgan fingerprint density at radius 3 is 2.52 bits per heavy atom. The summed E-state index contributed by atoms with van der Waals surface area (Å²) >= 11 is 0. The van der Waals surface area contributed by atoms with E-state index in [9.17, 15) is 27.6 Å². The van der Waals surface area contributed by atoms with E-state index in [4.69, 9.17) is 11.3 Å². The van der Waals surface area contributed by atoms with E-state index in [0.29, 0.717) is 12.8 Å². The van der Waals surface area contributed by atoms with Gasteiger partial charge in [-0.2, -0.15) is 13.2 Å². The normalized spacial score (nSPS) is 16.8. The summed E-state index contributed by atoms with van der Waals surface area (Å²) in [6, 6.07) is 0.819. The molecule has 2 fully saturated rings. The molecule has 0 amide bonds. The number of hydrogen-bond acceptors (Lipinski definition) is 5. The monoisotopic (exact) mass is 462 g/mol. The first-order valence-corrected chi connectivity index (χ1v) is 10.6. The first-order valence-electron chi connectivity index (χ1n) is 10.6. The smallest absolute Gasteiger partial charge is 0.416 e. The standard InChI is InChI=1S/C22H21F3N4O4/c1-3-33-20-27-28(21(32)29(20)15-7-8-15)11-13-10-14(22(23,24)25)6-9-16(13)19(31)17(26-2)18(30)12-4-5-12/h6,9-10,12,15,17H,3-5,7-8,11H2,1H3. The summed E-state index contributed by atoms with van der Waals surface area (Å²) in [5.74, 6) is -1.75. The first kappa shape index (κ1) is 22.8. The molecule has 0 bridgehead atoms. The van der Waals surface area contributed by atoms with E-state index in [1.807, 2.05) is 0 Å². The molecule has 2 saturated carbocycles. The van der Waals surface area contributed by atoms with Crippen molar-refractivity contribution in [1.82, 2.24) is 14.3 Å². The molecule has 174 valence electrons. The van der Waals surface area contributed by atoms with Gasteiger partial charge in [-0.05, 0) is 50.3 Å². The largest absolute Gasteiger partial charge is 0.464 e. The molecule has 11 heteroatoms. The Hall–Kier alpha value is -3.42. The van der Waals surface area contributed by atoms with Gasteiger partial charge in [-0.1, -0.05) is 6.07 Å². The molecule has 1 aromatic carbocycles. The molecule has 1 heterocycles. The molecule has 2 aliphatic rings. The average Bonchev–Trinajstić information content (AvgIpc) is 3.67. The van der Waals surface area contributed by atoms with Crippen LogP contribution < -0.4 is 10.4 Å². The fraction of sp³-hybridized carbons (Fsp3) is 0.500. The second-order valence-corrected chi connectivity index (χ2v) is 8.20. The quantitative estimate of drug-likeness (QED) is 0.324. The van der Waals surface area contributed by atoms with E-state index in [-0.39, 0.29) is 35.7 Å². The molecule has 0 radical (unpaired) electrons. The lowest BCUT2D eigenvalue weighted by atomic mass is 9.93. The lowest BCUT2D eigenvalue weighted by Crippen LogP contribution is -2.30. The Labute approximate surface area is 186 Å². The van der Waals surface area contributed by atoms with Crippen LogP contribution in [0.1, 0.15) is 60.1 Å². The second-order valence-electron chi connectivity index (χ2n) is 8.20. The van der Waals surface area contributed by atoms with Gasteiger partial charge in [-0.3, -0.25) is 14.4 Å². The number of ether oxygens (including phenoxy) is 1. The van der Waals surface area contributed by atoms with Crippen LogP contribution in [0, 0.1) is 12.5 Å². The van der Waals surface area contributed by atoms with Crippen LogP contribution in [0.15, 0.2) is 23.0 Å². The predicted octanol–water partition coefficient (Wildman–Crippen LogP) is 3.30. The van der Waals surface area contributed by atoms with Crippen LogP contribution >= 0.6 is 0 Å². The summed E-state index contributed by atoms with van der Waals surface area (Å²) in [4.78, 5) is 41.5. The minimum atomic E-state index is -4.69. The maximum Gasteiger partial charge on any atom is 0.416 e. The van der Waals surface area contributed by atoms with Gasteiger partial charge < -0.3 is 4.74 Å². The zero-order valence-electron chi connectivity index (χ0n) is 17.8. The van der Waals surface area contributed by atoms with Crippen LogP contribution in [0.25, 0.3) is 4.85 Å². The second kappa shape index (κ2) is 8.50. The topological polar surface area (TPSA) is 87.6 Å². The van der Waals surface area contributed by atoms with Crippen LogP contribution in [0.3, 0.4) is 0 Å². The number of carbonyl (C=O) groups is 2. The highest BCUT2D eigenvalue weighted by Gasteiger charge is 2.44. The van der Waals surface area contributed by atoms with Gasteiger partial charge in [0.15, 0.2) is 0 Å². The molecule has 8 nitrogen and oxygen atoms in total. The molecule has 0 N–H and O–H groups in total. The number of carbonyl (C=O) groups excluding carboxylic acids is 2. The van der Waals surface area contributed by atoms with Crippen molar-refractivity contribution in [2.45, 2.75) is 57.4 Å². The summed E-state index contributed by atoms with van der Waals surface area (Å²) in [6.07, 6.45) is -1.99. The first-order chi connectivity index (χ1) is 15.7. The van der Waals surface area contributed by atoms with E-state index in [1.54, 1.807) is 6.92 Å². The molecule has 2 aromatic rings. The molecule has 0 spiro atoms. The Morgan fingerprint density at radius 2 is 1.97 bits per heavy atom. The van der Waals surface area contributed by atoms with Gasteiger partial charge in [-0.25, -0.2) is 20.6 Å². The minimum Gasteiger partial charge on any atom is -0.464 e. The highest BCUT2D eigenvalue weighted by atomic mass is 19.4. The van der Waals surface area contributed by atoms with Crippen molar-refractivity contribution in [3.05, 3.63) is 56.8 Å². The number of Topliss-reactive ketones (excluding diaryl/α,β-unsaturated/α-hetero) is 2. The SMILES string of the molecule is [C-]#[N+]C(C(=O)c1ccc(C(F)(F)F)cc1Cn1nc(OCC)n(C2CC2)c1=O)C(=O)C1CC1. The highest BCUT2D eigenvalue weighted by molar-refractivity contribution is 6.17. The number of hydrogen-bond donors (Lipinski definition) is 0. The van der Waals surface area contributed by atoms with Gasteiger partial charge in [0.1, 0.15) is 0 Å². The number of nitrogens with zero attached hydrogens (tertiary/aromatic N) is 4. The van der Waals surface area contributed by atoms with E-state index in [0.717, 1.165) is 35.7 Å². The van der Waals surface area contributed by atoms with Crippen LogP contribution in [-0.4, -0.2) is 38.6 Å². The van der Waals surface area contributed by atoms with Crippen molar-refractivity contribution in [2.24, 2.45) is 5.92 Å². The van der Waals surface area contributed by atoms with Crippen LogP contribution in [-0.2, 0) is 17.5 Å². The van der Waals surface area contributed by atoms with E-state index in [2.05, 4.69) is 9.94 Å². The van der Waals surface area contributed by atoms with Crippen molar-refractivity contribution < 1.29 is 27.5 Å². The van der Waals surface area contributed by atoms with Gasteiger partial charge in [0.25, 0.3) is 5.78 Å². The summed E-state index contributed by atoms with van der Waals surface area (Å²) < 4.78 is 47.8. The average molecular weight is 462 g/mol. The lowest BCUT2D eigenvalue weighted by molar-refractivity contribution is -0.137. The van der Waals surface area contributed by atoms with Crippen molar-refractivity contribution in [3.63, 3.8) is 0 Å². The molecule has 0 saturated heterocycles. The molecule has 1 unspecified atom stereocenters. The van der Waals surface area contributed by atoms with Gasteiger partial charge >= 0.3 is 23.9 Å². The Morgan fingerprint density at radius 1 is 1.27 bits per heavy atom. The zero-order chi connectivity index (χ0) is 23.9. The lowest BCUT2D eigenvalue weighted by Gasteiger charge is -2.13.